The molecule has 1 fully saturated rings. The second kappa shape index (κ2) is 11.4. The lowest BCUT2D eigenvalue weighted by Crippen LogP contribution is -2.57. The number of hydrogen-bond donors (Lipinski definition) is 0. The third kappa shape index (κ3) is 5.39. The third-order valence-electron chi connectivity index (χ3n) is 6.65. The highest BCUT2D eigenvalue weighted by Crippen LogP contribution is 2.31. The first-order chi connectivity index (χ1) is 19.2. The van der Waals surface area contributed by atoms with E-state index in [2.05, 4.69) is 0 Å². The van der Waals surface area contributed by atoms with Gasteiger partial charge in [0.2, 0.25) is 0 Å². The fourth-order valence-corrected chi connectivity index (χ4v) is 4.87. The van der Waals surface area contributed by atoms with Crippen LogP contribution in [0.2, 0.25) is 5.02 Å². The molecule has 0 spiro atoms. The number of nitrogens with zero attached hydrogens (tertiary/aromatic N) is 2. The number of carbonyl (C=O) groups excluding carboxylic acids is 2. The fraction of sp³-hybridized carbons (Fsp3) is 0.0938. The van der Waals surface area contributed by atoms with Crippen LogP contribution in [-0.2, 0) is 16.2 Å². The number of carbonyl (C=O) groups is 2. The first-order valence-corrected chi connectivity index (χ1v) is 13.3. The Hall–Kier alpha value is -4.33. The van der Waals surface area contributed by atoms with Gasteiger partial charge in [0.15, 0.2) is 5.11 Å². The number of para-hydroxylation sites is 1. The molecule has 0 N–H and O–H groups in total. The molecule has 4 aromatic carbocycles. The van der Waals surface area contributed by atoms with Gasteiger partial charge in [-0.05, 0) is 97.4 Å². The molecule has 1 aliphatic heterocycles. The molecule has 0 atom stereocenters. The summed E-state index contributed by atoms with van der Waals surface area (Å²) in [6.07, 6.45) is 1.54. The molecule has 0 radical (unpaired) electrons. The standard InChI is InChI=1S/C32H24ClFN2O3S/c1-20-11-14-24(17-21(20)2)36-31(38)26(30(37)35(32(36)40)23-7-4-3-5-8-23)18-22-12-15-25(16-13-22)39-19-27-28(33)9-6-10-29(27)34/h3-18H,19H2,1-2H3/b26-18+. The second-order valence-corrected chi connectivity index (χ2v) is 10.1. The minimum absolute atomic E-state index is 0.0394. The highest BCUT2D eigenvalue weighted by atomic mass is 35.5. The van der Waals surface area contributed by atoms with E-state index in [0.717, 1.165) is 11.1 Å². The topological polar surface area (TPSA) is 49.9 Å². The molecule has 0 aliphatic carbocycles. The number of rotatable bonds is 6. The van der Waals surface area contributed by atoms with Crippen LogP contribution in [0.25, 0.3) is 6.08 Å². The van der Waals surface area contributed by atoms with Crippen molar-refractivity contribution in [3.63, 3.8) is 0 Å². The molecule has 5 rings (SSSR count). The van der Waals surface area contributed by atoms with Gasteiger partial charge in [0.05, 0.1) is 16.4 Å². The van der Waals surface area contributed by atoms with Gasteiger partial charge in [-0.15, -0.1) is 0 Å². The molecule has 200 valence electrons. The number of aryl methyl sites for hydroxylation is 2. The van der Waals surface area contributed by atoms with Crippen molar-refractivity contribution in [1.82, 2.24) is 0 Å². The summed E-state index contributed by atoms with van der Waals surface area (Å²) in [5.41, 5.74) is 4.03. The number of halogens is 2. The Morgan fingerprint density at radius 1 is 0.825 bits per heavy atom. The molecule has 0 saturated carbocycles. The minimum Gasteiger partial charge on any atom is -0.489 e. The van der Waals surface area contributed by atoms with Crippen LogP contribution < -0.4 is 14.5 Å². The van der Waals surface area contributed by atoms with E-state index in [1.54, 1.807) is 54.6 Å². The molecule has 5 nitrogen and oxygen atoms in total. The summed E-state index contributed by atoms with van der Waals surface area (Å²) in [5.74, 6) is -1.00. The van der Waals surface area contributed by atoms with Crippen LogP contribution in [0, 0.1) is 19.7 Å². The third-order valence-corrected chi connectivity index (χ3v) is 7.37. The van der Waals surface area contributed by atoms with E-state index < -0.39 is 17.6 Å². The largest absolute Gasteiger partial charge is 0.489 e. The van der Waals surface area contributed by atoms with Crippen LogP contribution in [0.4, 0.5) is 15.8 Å². The van der Waals surface area contributed by atoms with E-state index >= 15 is 0 Å². The van der Waals surface area contributed by atoms with Crippen molar-refractivity contribution < 1.29 is 18.7 Å². The lowest BCUT2D eigenvalue weighted by Gasteiger charge is -2.36. The van der Waals surface area contributed by atoms with Crippen molar-refractivity contribution in [1.29, 1.82) is 0 Å². The Morgan fingerprint density at radius 3 is 2.15 bits per heavy atom. The smallest absolute Gasteiger partial charge is 0.270 e. The number of thiocarbonyl (C=S) groups is 1. The Balaban J connectivity index is 1.47. The molecule has 1 aliphatic rings. The number of benzene rings is 4. The van der Waals surface area contributed by atoms with Crippen LogP contribution in [0.5, 0.6) is 5.75 Å². The van der Waals surface area contributed by atoms with Gasteiger partial charge in [-0.1, -0.05) is 54.1 Å². The van der Waals surface area contributed by atoms with Gasteiger partial charge in [-0.25, -0.2) is 4.39 Å². The summed E-state index contributed by atoms with van der Waals surface area (Å²) in [6, 6.07) is 25.8. The number of ether oxygens (including phenoxy) is 1. The summed E-state index contributed by atoms with van der Waals surface area (Å²) < 4.78 is 19.8. The normalized spacial score (nSPS) is 14.7. The minimum atomic E-state index is -0.518. The molecule has 2 amide bonds. The highest BCUT2D eigenvalue weighted by Gasteiger charge is 2.41. The van der Waals surface area contributed by atoms with E-state index in [0.29, 0.717) is 22.7 Å². The molecule has 0 bridgehead atoms. The predicted octanol–water partition coefficient (Wildman–Crippen LogP) is 7.42. The van der Waals surface area contributed by atoms with Crippen LogP contribution in [-0.4, -0.2) is 16.9 Å². The van der Waals surface area contributed by atoms with Crippen molar-refractivity contribution in [3.8, 4) is 5.75 Å². The van der Waals surface area contributed by atoms with Crippen LogP contribution >= 0.6 is 23.8 Å². The van der Waals surface area contributed by atoms with Crippen LogP contribution in [0.1, 0.15) is 22.3 Å². The van der Waals surface area contributed by atoms with E-state index in [1.807, 2.05) is 38.1 Å². The molecule has 40 heavy (non-hydrogen) atoms. The summed E-state index contributed by atoms with van der Waals surface area (Å²) in [4.78, 5) is 30.2. The zero-order valence-electron chi connectivity index (χ0n) is 21.7. The van der Waals surface area contributed by atoms with E-state index in [-0.39, 0.29) is 27.9 Å². The van der Waals surface area contributed by atoms with Gasteiger partial charge in [0.1, 0.15) is 23.7 Å². The quantitative estimate of drug-likeness (QED) is 0.137. The average Bonchev–Trinajstić information content (AvgIpc) is 2.94. The highest BCUT2D eigenvalue weighted by molar-refractivity contribution is 7.81. The van der Waals surface area contributed by atoms with Crippen molar-refractivity contribution in [2.24, 2.45) is 0 Å². The van der Waals surface area contributed by atoms with E-state index in [9.17, 15) is 14.0 Å². The predicted molar refractivity (Wildman–Crippen MR) is 160 cm³/mol. The molecular formula is C32H24ClFN2O3S. The SMILES string of the molecule is Cc1ccc(N2C(=O)/C(=C/c3ccc(OCc4c(F)cccc4Cl)cc3)C(=O)N(c3ccccc3)C2=S)cc1C. The summed E-state index contributed by atoms with van der Waals surface area (Å²) in [7, 11) is 0. The molecule has 4 aromatic rings. The first-order valence-electron chi connectivity index (χ1n) is 12.5. The van der Waals surface area contributed by atoms with E-state index in [4.69, 9.17) is 28.6 Å². The fourth-order valence-electron chi connectivity index (χ4n) is 4.28. The van der Waals surface area contributed by atoms with Gasteiger partial charge in [0, 0.05) is 5.56 Å². The maximum Gasteiger partial charge on any atom is 0.270 e. The first kappa shape index (κ1) is 27.2. The summed E-state index contributed by atoms with van der Waals surface area (Å²) in [5, 5.41) is 0.363. The molecule has 8 heteroatoms. The summed E-state index contributed by atoms with van der Waals surface area (Å²) in [6.45, 7) is 3.90. The zero-order chi connectivity index (χ0) is 28.4. The molecular weight excluding hydrogens is 547 g/mol. The van der Waals surface area contributed by atoms with Crippen LogP contribution in [0.15, 0.2) is 96.6 Å². The zero-order valence-corrected chi connectivity index (χ0v) is 23.3. The van der Waals surface area contributed by atoms with Gasteiger partial charge >= 0.3 is 0 Å². The molecule has 0 unspecified atom stereocenters. The van der Waals surface area contributed by atoms with Gasteiger partial charge in [-0.3, -0.25) is 19.4 Å². The average molecular weight is 571 g/mol. The van der Waals surface area contributed by atoms with Crippen molar-refractivity contribution in [2.45, 2.75) is 20.5 Å². The monoisotopic (exact) mass is 570 g/mol. The van der Waals surface area contributed by atoms with E-state index in [1.165, 1.54) is 28.0 Å². The number of amides is 2. The molecule has 1 saturated heterocycles. The van der Waals surface area contributed by atoms with Crippen LogP contribution in [0.3, 0.4) is 0 Å². The Kier molecular flexibility index (Phi) is 7.78. The second-order valence-electron chi connectivity index (χ2n) is 9.28. The Morgan fingerprint density at radius 2 is 1.50 bits per heavy atom. The van der Waals surface area contributed by atoms with Crippen molar-refractivity contribution >= 4 is 58.2 Å². The van der Waals surface area contributed by atoms with Gasteiger partial charge in [-0.2, -0.15) is 0 Å². The lowest BCUT2D eigenvalue weighted by atomic mass is 10.0. The summed E-state index contributed by atoms with van der Waals surface area (Å²) >= 11 is 11.8. The van der Waals surface area contributed by atoms with Crippen molar-refractivity contribution in [2.75, 3.05) is 9.80 Å². The Labute approximate surface area is 242 Å². The maximum absolute atomic E-state index is 14.1. The molecule has 0 aromatic heterocycles. The van der Waals surface area contributed by atoms with Gasteiger partial charge in [0.25, 0.3) is 11.8 Å². The van der Waals surface area contributed by atoms with Crippen molar-refractivity contribution in [3.05, 3.63) is 130 Å². The maximum atomic E-state index is 14.1. The number of hydrogen-bond acceptors (Lipinski definition) is 4. The Bertz CT molecular complexity index is 1630. The van der Waals surface area contributed by atoms with Gasteiger partial charge < -0.3 is 4.74 Å². The number of anilines is 2. The lowest BCUT2D eigenvalue weighted by molar-refractivity contribution is -0.120. The molecule has 1 heterocycles.